The average Bonchev–Trinajstić information content (AvgIpc) is 0.974. The van der Waals surface area contributed by atoms with E-state index >= 15 is 9.59 Å². The number of amides is 6. The zero-order chi connectivity index (χ0) is 77.4. The van der Waals surface area contributed by atoms with Gasteiger partial charge in [0.2, 0.25) is 29.7 Å². The van der Waals surface area contributed by atoms with Crippen LogP contribution in [-0.4, -0.2) is 178 Å². The number of hydrogen-bond donors (Lipinski definition) is 8. The number of carbonyl (C=O) groups is 13. The number of nitrogens with one attached hydrogen (secondary N) is 5. The van der Waals surface area contributed by atoms with Crippen molar-refractivity contribution in [2.75, 3.05) is 30.3 Å². The number of anilines is 2. The first-order chi connectivity index (χ1) is 50.8. The highest BCUT2D eigenvalue weighted by molar-refractivity contribution is 6.01. The molecule has 14 atom stereocenters. The number of hydrogen-bond acceptors (Lipinski definition) is 23. The Labute approximate surface area is 616 Å². The molecule has 9 N–H and O–H groups in total. The Morgan fingerprint density at radius 1 is 0.729 bits per heavy atom. The minimum atomic E-state index is -2.57. The number of ether oxygens (including phenoxy) is 7. The van der Waals surface area contributed by atoms with Crippen LogP contribution in [0.25, 0.3) is 0 Å². The van der Waals surface area contributed by atoms with Crippen molar-refractivity contribution < 1.29 is 106 Å². The summed E-state index contributed by atoms with van der Waals surface area (Å²) in [7, 11) is 0. The van der Waals surface area contributed by atoms with Crippen LogP contribution in [0, 0.1) is 16.7 Å². The predicted molar refractivity (Wildman–Crippen MR) is 379 cm³/mol. The molecular formula is C78H87N7O22. The van der Waals surface area contributed by atoms with E-state index in [2.05, 4.69) is 26.6 Å². The van der Waals surface area contributed by atoms with Crippen molar-refractivity contribution in [1.82, 2.24) is 20.9 Å². The second-order valence-electron chi connectivity index (χ2n) is 28.2. The lowest BCUT2D eigenvalue weighted by Crippen LogP contribution is -2.82. The summed E-state index contributed by atoms with van der Waals surface area (Å²) in [5.74, 6) is -10.6. The molecule has 2 heterocycles. The van der Waals surface area contributed by atoms with Crippen LogP contribution in [0.2, 0.25) is 0 Å². The fourth-order valence-corrected chi connectivity index (χ4v) is 15.2. The van der Waals surface area contributed by atoms with Gasteiger partial charge < -0.3 is 80.6 Å². The van der Waals surface area contributed by atoms with E-state index in [0.29, 0.717) is 29.8 Å². The third-order valence-electron chi connectivity index (χ3n) is 20.9. The van der Waals surface area contributed by atoms with Crippen molar-refractivity contribution in [3.05, 3.63) is 178 Å². The summed E-state index contributed by atoms with van der Waals surface area (Å²) in [5.41, 5.74) is -1.50. The van der Waals surface area contributed by atoms with Gasteiger partial charge in [0, 0.05) is 74.5 Å². The van der Waals surface area contributed by atoms with Gasteiger partial charge in [0.15, 0.2) is 23.3 Å². The average molecular weight is 1470 g/mol. The molecule has 0 aromatic heterocycles. The maximum absolute atomic E-state index is 16.0. The van der Waals surface area contributed by atoms with Gasteiger partial charge in [0.05, 0.1) is 36.2 Å². The summed E-state index contributed by atoms with van der Waals surface area (Å²) < 4.78 is 42.7. The Morgan fingerprint density at radius 2 is 1.34 bits per heavy atom. The second-order valence-corrected chi connectivity index (χ2v) is 28.2. The van der Waals surface area contributed by atoms with Crippen LogP contribution in [0.1, 0.15) is 142 Å². The van der Waals surface area contributed by atoms with Gasteiger partial charge in [0.1, 0.15) is 54.7 Å². The normalized spacial score (nSPS) is 25.0. The van der Waals surface area contributed by atoms with Crippen LogP contribution in [0.15, 0.2) is 151 Å². The molecule has 3 aliphatic carbocycles. The number of esters is 4. The lowest BCUT2D eigenvalue weighted by Gasteiger charge is -2.67. The van der Waals surface area contributed by atoms with E-state index in [9.17, 15) is 63.0 Å². The smallest absolute Gasteiger partial charge is 0.455 e. The summed E-state index contributed by atoms with van der Waals surface area (Å²) in [5, 5.41) is 40.2. The number of rotatable bonds is 26. The topological polar surface area (TPSA) is 416 Å². The fourth-order valence-electron chi connectivity index (χ4n) is 15.2. The molecule has 107 heavy (non-hydrogen) atoms. The molecule has 4 fully saturated rings. The zero-order valence-electron chi connectivity index (χ0n) is 60.3. The maximum atomic E-state index is 16.0. The minimum absolute atomic E-state index is 0.00416. The van der Waals surface area contributed by atoms with Gasteiger partial charge in [-0.2, -0.15) is 0 Å². The predicted octanol–water partition coefficient (Wildman–Crippen LogP) is 5.60. The monoisotopic (exact) mass is 1470 g/mol. The summed E-state index contributed by atoms with van der Waals surface area (Å²) in [6.45, 7) is 9.95. The number of nitrogens with zero attached hydrogens (tertiary/aromatic N) is 1. The van der Waals surface area contributed by atoms with Gasteiger partial charge in [-0.05, 0) is 123 Å². The Bertz CT molecular complexity index is 4270. The molecule has 2 saturated carbocycles. The largest absolute Gasteiger partial charge is 0.509 e. The number of ketones is 2. The van der Waals surface area contributed by atoms with Crippen molar-refractivity contribution in [3.63, 3.8) is 0 Å². The lowest BCUT2D eigenvalue weighted by atomic mass is 9.44. The molecule has 2 aliphatic heterocycles. The first-order valence-corrected chi connectivity index (χ1v) is 35.1. The Hall–Kier alpha value is -11.2. The highest BCUT2D eigenvalue weighted by Gasteiger charge is 2.78. The van der Waals surface area contributed by atoms with Crippen molar-refractivity contribution in [1.29, 1.82) is 0 Å². The Balaban J connectivity index is 0.866. The number of carbonyl (C=O) groups excluding carboxylic acids is 13. The standard InChI is InChI=1S/C78H87N7O22/c1-42-57(38-78(100)66(106-72(97)51-23-16-11-17-24-51)64-76(8,58(90)37-59-77(64,41-102-59)107-46(5)88)65(91)62(103-45(4)87)60(42)75(78,6)7)104-73(98)63(61(48-19-12-9-13-20-48)84-69(94)49-21-14-10-15-22-49)105-74(99)101-40-47-26-30-53(31-27-47)83-70(95)56-25-18-36-85(56)71(96)43(2)81-68(93)50-28-32-52(33-29-50)80-39-54(89)34-35-55(67(79)92)82-44(3)86/h9-17,19-24,26-33,43,55-59,61-64,66,80,90,100H,18,25,34-41H2,1-8H3,(H2,79,92)(H,81,93)(H,82,86)(H,83,95)(H,84,94)/t43-,55+,56+,57?,58+,59-,61+,62-,63-,64+,66+,76-,77+,78-/m1/s1. The van der Waals surface area contributed by atoms with Crippen LogP contribution >= 0.6 is 0 Å². The molecular weight excluding hydrogens is 1390 g/mol. The number of aliphatic hydroxyl groups is 2. The van der Waals surface area contributed by atoms with E-state index in [1.807, 2.05) is 0 Å². The molecule has 0 radical (unpaired) electrons. The molecule has 6 amide bonds. The Kier molecular flexibility index (Phi) is 24.0. The number of aliphatic hydroxyl groups excluding tert-OH is 1. The van der Waals surface area contributed by atoms with Crippen molar-refractivity contribution in [3.8, 4) is 0 Å². The SMILES string of the molecule is CC(=O)N[C@@H](CCC(=O)CNc1ccc(C(=O)N[C@H](C)C(=O)N2CCC[C@H]2C(=O)Nc2ccc(COC(=O)O[C@@H](C(=O)OC3C[C@@]4(O)[C@@H](OC(=O)c5ccccc5)[C@@H]5[C@]6(OC(C)=O)CO[C@@H]6C[C@H](O)[C@@]5(C)C(=O)[C@H](OC(C)=O)C(=C3C)C4(C)C)[C@@H](NC(=O)c3ccccc3)c3ccccc3)cc2)cc1)C(N)=O. The number of likely N-dealkylation sites (tertiary alicyclic amines) is 1. The minimum Gasteiger partial charge on any atom is -0.455 e. The van der Waals surface area contributed by atoms with E-state index in [1.54, 1.807) is 78.9 Å². The van der Waals surface area contributed by atoms with Gasteiger partial charge in [-0.25, -0.2) is 14.4 Å². The summed E-state index contributed by atoms with van der Waals surface area (Å²) >= 11 is 0. The molecule has 5 aromatic rings. The van der Waals surface area contributed by atoms with Crippen LogP contribution in [0.5, 0.6) is 0 Å². The molecule has 5 aromatic carbocycles. The molecule has 2 bridgehead atoms. The van der Waals surface area contributed by atoms with Gasteiger partial charge in [-0.1, -0.05) is 92.7 Å². The first kappa shape index (κ1) is 78.4. The fraction of sp³-hybridized carbons (Fsp3) is 0.423. The lowest BCUT2D eigenvalue weighted by molar-refractivity contribution is -0.346. The van der Waals surface area contributed by atoms with E-state index < -0.39 is 180 Å². The van der Waals surface area contributed by atoms with E-state index in [-0.39, 0.29) is 71.5 Å². The molecule has 10 rings (SSSR count). The van der Waals surface area contributed by atoms with E-state index in [1.165, 1.54) is 107 Å². The van der Waals surface area contributed by atoms with Crippen LogP contribution in [0.3, 0.4) is 0 Å². The highest BCUT2D eigenvalue weighted by atomic mass is 16.7. The van der Waals surface area contributed by atoms with Crippen molar-refractivity contribution >= 4 is 88.4 Å². The summed E-state index contributed by atoms with van der Waals surface area (Å²) in [6, 6.07) is 31.2. The molecule has 29 nitrogen and oxygen atoms in total. The second kappa shape index (κ2) is 32.7. The Morgan fingerprint density at radius 3 is 1.93 bits per heavy atom. The van der Waals surface area contributed by atoms with Gasteiger partial charge in [-0.3, -0.25) is 47.9 Å². The third kappa shape index (κ3) is 16.8. The van der Waals surface area contributed by atoms with Crippen LogP contribution < -0.4 is 32.3 Å². The van der Waals surface area contributed by atoms with Crippen molar-refractivity contribution in [2.24, 2.45) is 22.5 Å². The number of Topliss-reactive ketones (excluding diaryl/α,β-unsaturated/α-hetero) is 2. The molecule has 2 saturated heterocycles. The molecule has 566 valence electrons. The number of fused-ring (bicyclic) bond motifs is 5. The summed E-state index contributed by atoms with van der Waals surface area (Å²) in [4.78, 5) is 180. The van der Waals surface area contributed by atoms with Gasteiger partial charge in [-0.15, -0.1) is 0 Å². The maximum Gasteiger partial charge on any atom is 0.509 e. The van der Waals surface area contributed by atoms with Crippen LogP contribution in [-0.2, 0) is 82.9 Å². The van der Waals surface area contributed by atoms with Gasteiger partial charge in [0.25, 0.3) is 11.8 Å². The van der Waals surface area contributed by atoms with E-state index in [0.717, 1.165) is 13.8 Å². The van der Waals surface area contributed by atoms with Crippen molar-refractivity contribution in [2.45, 2.75) is 173 Å². The third-order valence-corrected chi connectivity index (χ3v) is 20.9. The number of primary amides is 1. The zero-order valence-corrected chi connectivity index (χ0v) is 60.3. The number of nitrogens with two attached hydrogens (primary N) is 1. The summed E-state index contributed by atoms with van der Waals surface area (Å²) in [6.07, 6.45) is -12.3. The molecule has 5 aliphatic rings. The van der Waals surface area contributed by atoms with Gasteiger partial charge >= 0.3 is 30.0 Å². The molecule has 29 heteroatoms. The quantitative estimate of drug-likeness (QED) is 0.0190. The molecule has 0 spiro atoms. The number of benzene rings is 5. The first-order valence-electron chi connectivity index (χ1n) is 35.1. The van der Waals surface area contributed by atoms with E-state index in [4.69, 9.17) is 38.9 Å². The highest BCUT2D eigenvalue weighted by Crippen LogP contribution is 2.64. The van der Waals surface area contributed by atoms with Crippen LogP contribution in [0.4, 0.5) is 16.2 Å². The molecule has 1 unspecified atom stereocenters.